The molecule has 0 spiro atoms. The van der Waals surface area contributed by atoms with E-state index in [4.69, 9.17) is 18.6 Å². The van der Waals surface area contributed by atoms with Crippen molar-refractivity contribution in [3.63, 3.8) is 0 Å². The van der Waals surface area contributed by atoms with Crippen LogP contribution < -0.4 is 14.2 Å². The molecule has 0 fully saturated rings. The second-order valence-corrected chi connectivity index (χ2v) is 7.17. The zero-order valence-corrected chi connectivity index (χ0v) is 15.3. The molecule has 0 radical (unpaired) electrons. The molecule has 0 unspecified atom stereocenters. The van der Waals surface area contributed by atoms with Crippen LogP contribution in [0.2, 0.25) is 0 Å². The molecule has 1 aliphatic rings. The number of benzene rings is 2. The minimum atomic E-state index is -0.886. The van der Waals surface area contributed by atoms with Crippen LogP contribution in [0.25, 0.3) is 22.3 Å². The summed E-state index contributed by atoms with van der Waals surface area (Å²) in [7, 11) is 3.25. The van der Waals surface area contributed by atoms with Crippen LogP contribution in [0, 0.1) is 0 Å². The van der Waals surface area contributed by atoms with Crippen molar-refractivity contribution in [2.75, 3.05) is 14.2 Å². The summed E-state index contributed by atoms with van der Waals surface area (Å²) in [6, 6.07) is 11.6. The van der Waals surface area contributed by atoms with E-state index in [1.54, 1.807) is 28.1 Å². The molecular formula is C21H22O5. The number of fused-ring (bicyclic) bond motifs is 2. The molecule has 1 aromatic heterocycles. The maximum absolute atomic E-state index is 10.2. The molecule has 3 aromatic rings. The Bertz CT molecular complexity index is 899. The zero-order chi connectivity index (χ0) is 18.5. The number of furan rings is 1. The van der Waals surface area contributed by atoms with E-state index in [1.807, 2.05) is 30.3 Å². The lowest BCUT2D eigenvalue weighted by atomic mass is 9.97. The minimum absolute atomic E-state index is 0.244. The third-order valence-electron chi connectivity index (χ3n) is 4.80. The van der Waals surface area contributed by atoms with Crippen LogP contribution >= 0.6 is 0 Å². The van der Waals surface area contributed by atoms with Crippen LogP contribution in [-0.2, 0) is 6.42 Å². The molecule has 4 rings (SSSR count). The van der Waals surface area contributed by atoms with E-state index in [9.17, 15) is 5.11 Å². The molecule has 136 valence electrons. The van der Waals surface area contributed by atoms with E-state index in [0.29, 0.717) is 17.9 Å². The maximum atomic E-state index is 10.2. The quantitative estimate of drug-likeness (QED) is 0.761. The Morgan fingerprint density at radius 1 is 1.00 bits per heavy atom. The summed E-state index contributed by atoms with van der Waals surface area (Å²) in [5.41, 5.74) is 1.83. The Balaban J connectivity index is 1.73. The smallest absolute Gasteiger partial charge is 0.138 e. The van der Waals surface area contributed by atoms with E-state index in [1.165, 1.54) is 0 Å². The van der Waals surface area contributed by atoms with Gasteiger partial charge in [-0.3, -0.25) is 0 Å². The van der Waals surface area contributed by atoms with E-state index in [0.717, 1.165) is 33.6 Å². The fourth-order valence-electron chi connectivity index (χ4n) is 3.27. The average molecular weight is 354 g/mol. The molecule has 0 aliphatic carbocycles. The zero-order valence-electron chi connectivity index (χ0n) is 15.3. The molecule has 26 heavy (non-hydrogen) atoms. The first-order valence-corrected chi connectivity index (χ1v) is 8.56. The maximum Gasteiger partial charge on any atom is 0.138 e. The average Bonchev–Trinajstić information content (AvgIpc) is 3.21. The fraction of sp³-hybridized carbons (Fsp3) is 0.333. The first-order chi connectivity index (χ1) is 12.4. The van der Waals surface area contributed by atoms with Gasteiger partial charge in [-0.05, 0) is 43.7 Å². The van der Waals surface area contributed by atoms with Gasteiger partial charge in [0.25, 0.3) is 0 Å². The fourth-order valence-corrected chi connectivity index (χ4v) is 3.27. The minimum Gasteiger partial charge on any atom is -0.497 e. The summed E-state index contributed by atoms with van der Waals surface area (Å²) in [5, 5.41) is 11.2. The van der Waals surface area contributed by atoms with Gasteiger partial charge in [-0.1, -0.05) is 0 Å². The molecule has 0 saturated heterocycles. The molecule has 0 amide bonds. The molecule has 0 saturated carbocycles. The van der Waals surface area contributed by atoms with Crippen molar-refractivity contribution in [3.05, 3.63) is 42.0 Å². The predicted octanol–water partition coefficient (Wildman–Crippen LogP) is 4.19. The largest absolute Gasteiger partial charge is 0.497 e. The molecule has 5 heteroatoms. The van der Waals surface area contributed by atoms with Gasteiger partial charge in [0.2, 0.25) is 0 Å². The predicted molar refractivity (Wildman–Crippen MR) is 99.2 cm³/mol. The Morgan fingerprint density at radius 3 is 2.31 bits per heavy atom. The van der Waals surface area contributed by atoms with Gasteiger partial charge in [0.05, 0.1) is 19.8 Å². The van der Waals surface area contributed by atoms with Crippen LogP contribution in [0.4, 0.5) is 0 Å². The van der Waals surface area contributed by atoms with Crippen LogP contribution in [0.5, 0.6) is 17.2 Å². The van der Waals surface area contributed by atoms with Crippen molar-refractivity contribution in [2.24, 2.45) is 0 Å². The lowest BCUT2D eigenvalue weighted by Gasteiger charge is -2.24. The van der Waals surface area contributed by atoms with Gasteiger partial charge in [-0.15, -0.1) is 0 Å². The first kappa shape index (κ1) is 16.8. The van der Waals surface area contributed by atoms with Crippen LogP contribution in [0.15, 0.2) is 40.8 Å². The van der Waals surface area contributed by atoms with Gasteiger partial charge < -0.3 is 23.7 Å². The summed E-state index contributed by atoms with van der Waals surface area (Å²) >= 11 is 0. The van der Waals surface area contributed by atoms with E-state index in [2.05, 4.69) is 6.07 Å². The van der Waals surface area contributed by atoms with Crippen LogP contribution in [0.3, 0.4) is 0 Å². The SMILES string of the molecule is COc1cc(OC)cc(-c2cc3cc4c(cc3o2)O[C@H](C(C)(C)O)C4)c1. The van der Waals surface area contributed by atoms with E-state index < -0.39 is 5.60 Å². The number of hydrogen-bond acceptors (Lipinski definition) is 5. The number of aliphatic hydroxyl groups is 1. The normalized spacial score (nSPS) is 16.4. The van der Waals surface area contributed by atoms with Gasteiger partial charge in [-0.2, -0.15) is 0 Å². The highest BCUT2D eigenvalue weighted by Gasteiger charge is 2.35. The first-order valence-electron chi connectivity index (χ1n) is 8.56. The highest BCUT2D eigenvalue weighted by molar-refractivity contribution is 5.85. The van der Waals surface area contributed by atoms with Crippen molar-refractivity contribution in [1.29, 1.82) is 0 Å². The third kappa shape index (κ3) is 2.88. The molecule has 1 N–H and O–H groups in total. The summed E-state index contributed by atoms with van der Waals surface area (Å²) in [4.78, 5) is 0. The Morgan fingerprint density at radius 2 is 1.69 bits per heavy atom. The van der Waals surface area contributed by atoms with Crippen molar-refractivity contribution >= 4 is 11.0 Å². The van der Waals surface area contributed by atoms with Crippen molar-refractivity contribution in [1.82, 2.24) is 0 Å². The molecule has 1 atom stereocenters. The second kappa shape index (κ2) is 5.95. The Labute approximate surface area is 152 Å². The topological polar surface area (TPSA) is 61.1 Å². The third-order valence-corrected chi connectivity index (χ3v) is 4.80. The Kier molecular flexibility index (Phi) is 3.84. The summed E-state index contributed by atoms with van der Waals surface area (Å²) in [6.07, 6.45) is 0.438. The van der Waals surface area contributed by atoms with Crippen LogP contribution in [0.1, 0.15) is 19.4 Å². The lowest BCUT2D eigenvalue weighted by molar-refractivity contribution is -0.0229. The van der Waals surface area contributed by atoms with E-state index >= 15 is 0 Å². The van der Waals surface area contributed by atoms with Gasteiger partial charge in [0, 0.05) is 29.5 Å². The second-order valence-electron chi connectivity index (χ2n) is 7.17. The van der Waals surface area contributed by atoms with Gasteiger partial charge in [-0.25, -0.2) is 0 Å². The van der Waals surface area contributed by atoms with Crippen molar-refractivity contribution in [3.8, 4) is 28.6 Å². The van der Waals surface area contributed by atoms with Crippen molar-refractivity contribution < 1.29 is 23.7 Å². The van der Waals surface area contributed by atoms with Crippen LogP contribution in [-0.4, -0.2) is 31.0 Å². The van der Waals surface area contributed by atoms with Gasteiger partial charge in [0.1, 0.15) is 34.7 Å². The summed E-state index contributed by atoms with van der Waals surface area (Å²) in [5.74, 6) is 2.92. The molecular weight excluding hydrogens is 332 g/mol. The summed E-state index contributed by atoms with van der Waals surface area (Å²) < 4.78 is 22.6. The summed E-state index contributed by atoms with van der Waals surface area (Å²) in [6.45, 7) is 3.53. The molecule has 2 aromatic carbocycles. The number of hydrogen-bond donors (Lipinski definition) is 1. The lowest BCUT2D eigenvalue weighted by Crippen LogP contribution is -2.39. The van der Waals surface area contributed by atoms with Gasteiger partial charge in [0.15, 0.2) is 0 Å². The Hall–Kier alpha value is -2.66. The highest BCUT2D eigenvalue weighted by atomic mass is 16.5. The van der Waals surface area contributed by atoms with Crippen molar-refractivity contribution in [2.45, 2.75) is 32.0 Å². The number of rotatable bonds is 4. The number of methoxy groups -OCH3 is 2. The van der Waals surface area contributed by atoms with E-state index in [-0.39, 0.29) is 6.10 Å². The highest BCUT2D eigenvalue weighted by Crippen LogP contribution is 2.39. The molecule has 2 heterocycles. The molecule has 1 aliphatic heterocycles. The number of ether oxygens (including phenoxy) is 3. The monoisotopic (exact) mass is 354 g/mol. The standard InChI is InChI=1S/C21H22O5/c1-21(2,22)20-9-13-5-12-8-17(25-18(12)11-19(13)26-20)14-6-15(23-3)10-16(7-14)24-4/h5-8,10-11,20,22H,9H2,1-4H3/t20-/m0/s1. The molecule has 5 nitrogen and oxygen atoms in total. The molecule has 0 bridgehead atoms. The van der Waals surface area contributed by atoms with Gasteiger partial charge >= 0.3 is 0 Å².